The molecule has 0 amide bonds. The summed E-state index contributed by atoms with van der Waals surface area (Å²) in [7, 11) is 0. The van der Waals surface area contributed by atoms with E-state index in [2.05, 4.69) is 195 Å². The first kappa shape index (κ1) is 32.1. The van der Waals surface area contributed by atoms with Crippen LogP contribution in [-0.4, -0.2) is 0 Å². The van der Waals surface area contributed by atoms with Crippen molar-refractivity contribution in [2.75, 3.05) is 4.90 Å². The Morgan fingerprint density at radius 2 is 0.821 bits per heavy atom. The van der Waals surface area contributed by atoms with Crippen LogP contribution in [0.2, 0.25) is 0 Å². The number of benzene rings is 8. The van der Waals surface area contributed by atoms with Crippen LogP contribution in [0.25, 0.3) is 44.2 Å². The molecule has 0 radical (unpaired) electrons. The molecule has 56 heavy (non-hydrogen) atoms. The number of fused-ring (bicyclic) bond motifs is 14. The molecule has 0 unspecified atom stereocenters. The zero-order valence-corrected chi connectivity index (χ0v) is 32.0. The zero-order valence-electron chi connectivity index (χ0n) is 32.0. The van der Waals surface area contributed by atoms with Crippen molar-refractivity contribution in [3.8, 4) is 33.4 Å². The highest BCUT2D eigenvalue weighted by Gasteiger charge is 2.53. The Bertz CT molecular complexity index is 2870. The Morgan fingerprint density at radius 3 is 1.46 bits per heavy atom. The lowest BCUT2D eigenvalue weighted by Gasteiger charge is -2.45. The molecule has 0 atom stereocenters. The summed E-state index contributed by atoms with van der Waals surface area (Å²) in [5.41, 5.74) is 20.8. The minimum absolute atomic E-state index is 0.0513. The predicted octanol–water partition coefficient (Wildman–Crippen LogP) is 14.4. The summed E-state index contributed by atoms with van der Waals surface area (Å²) >= 11 is 0. The molecule has 8 aromatic rings. The molecule has 1 saturated carbocycles. The molecule has 268 valence electrons. The van der Waals surface area contributed by atoms with E-state index in [1.165, 1.54) is 94.6 Å². The van der Waals surface area contributed by atoms with Gasteiger partial charge in [-0.1, -0.05) is 159 Å². The van der Waals surface area contributed by atoms with Crippen molar-refractivity contribution < 1.29 is 0 Å². The molecule has 0 heterocycles. The van der Waals surface area contributed by atoms with Crippen LogP contribution >= 0.6 is 0 Å². The topological polar surface area (TPSA) is 3.24 Å². The maximum Gasteiger partial charge on any atom is 0.0543 e. The van der Waals surface area contributed by atoms with E-state index in [9.17, 15) is 0 Å². The third-order valence-corrected chi connectivity index (χ3v) is 14.5. The van der Waals surface area contributed by atoms with Gasteiger partial charge in [0.1, 0.15) is 0 Å². The minimum atomic E-state index is -0.0871. The minimum Gasteiger partial charge on any atom is -0.310 e. The molecule has 1 fully saturated rings. The van der Waals surface area contributed by atoms with Crippen molar-refractivity contribution in [2.45, 2.75) is 55.8 Å². The van der Waals surface area contributed by atoms with Crippen LogP contribution in [-0.2, 0) is 16.2 Å². The van der Waals surface area contributed by atoms with Crippen LogP contribution < -0.4 is 4.90 Å². The van der Waals surface area contributed by atoms with Gasteiger partial charge in [-0.2, -0.15) is 0 Å². The number of rotatable bonds is 3. The first-order chi connectivity index (χ1) is 27.5. The maximum atomic E-state index is 2.59. The van der Waals surface area contributed by atoms with Gasteiger partial charge in [0.25, 0.3) is 0 Å². The van der Waals surface area contributed by atoms with Gasteiger partial charge in [-0.15, -0.1) is 0 Å². The Labute approximate surface area is 329 Å². The molecule has 0 aromatic heterocycles. The van der Waals surface area contributed by atoms with E-state index in [0.717, 1.165) is 25.7 Å². The molecule has 4 aliphatic carbocycles. The highest BCUT2D eigenvalue weighted by atomic mass is 15.1. The van der Waals surface area contributed by atoms with Crippen LogP contribution in [0, 0.1) is 0 Å². The lowest BCUT2D eigenvalue weighted by atomic mass is 9.57. The maximum absolute atomic E-state index is 2.59. The van der Waals surface area contributed by atoms with Crippen molar-refractivity contribution in [3.05, 3.63) is 209 Å². The molecule has 8 aromatic carbocycles. The third-order valence-electron chi connectivity index (χ3n) is 14.5. The normalized spacial score (nSPS) is 16.9. The van der Waals surface area contributed by atoms with Crippen LogP contribution in [0.4, 0.5) is 17.1 Å². The van der Waals surface area contributed by atoms with Gasteiger partial charge >= 0.3 is 0 Å². The molecule has 2 spiro atoms. The van der Waals surface area contributed by atoms with Gasteiger partial charge in [0.15, 0.2) is 0 Å². The Balaban J connectivity index is 1.05. The van der Waals surface area contributed by atoms with Crippen LogP contribution in [0.5, 0.6) is 0 Å². The van der Waals surface area contributed by atoms with E-state index in [0.29, 0.717) is 0 Å². The van der Waals surface area contributed by atoms with Crippen LogP contribution in [0.3, 0.4) is 0 Å². The molecule has 1 heteroatoms. The number of anilines is 3. The second-order valence-corrected chi connectivity index (χ2v) is 17.3. The van der Waals surface area contributed by atoms with Crippen molar-refractivity contribution in [1.29, 1.82) is 0 Å². The summed E-state index contributed by atoms with van der Waals surface area (Å²) in [4.78, 5) is 2.56. The summed E-state index contributed by atoms with van der Waals surface area (Å²) in [5.74, 6) is 0. The fourth-order valence-corrected chi connectivity index (χ4v) is 11.8. The lowest BCUT2D eigenvalue weighted by molar-refractivity contribution is 0.265. The molecule has 0 aliphatic heterocycles. The molecule has 12 rings (SSSR count). The van der Waals surface area contributed by atoms with E-state index in [4.69, 9.17) is 0 Å². The summed E-state index contributed by atoms with van der Waals surface area (Å²) in [6, 6.07) is 67.0. The van der Waals surface area contributed by atoms with Crippen LogP contribution in [0.15, 0.2) is 176 Å². The largest absolute Gasteiger partial charge is 0.310 e. The second kappa shape index (κ2) is 11.4. The Kier molecular flexibility index (Phi) is 6.55. The second-order valence-electron chi connectivity index (χ2n) is 17.3. The van der Waals surface area contributed by atoms with Gasteiger partial charge in [0, 0.05) is 33.2 Å². The average Bonchev–Trinajstić information content (AvgIpc) is 3.78. The highest BCUT2D eigenvalue weighted by Crippen LogP contribution is 2.64. The Hall–Kier alpha value is -6.18. The number of hydrogen-bond acceptors (Lipinski definition) is 1. The molecule has 0 bridgehead atoms. The van der Waals surface area contributed by atoms with E-state index >= 15 is 0 Å². The molecular weight excluding hydrogens is 675 g/mol. The molecule has 0 N–H and O–H groups in total. The monoisotopic (exact) mass is 717 g/mol. The van der Waals surface area contributed by atoms with Gasteiger partial charge in [-0.05, 0) is 128 Å². The van der Waals surface area contributed by atoms with Gasteiger partial charge in [0.05, 0.1) is 5.69 Å². The number of hydrogen-bond donors (Lipinski definition) is 0. The summed E-state index contributed by atoms with van der Waals surface area (Å²) in [6.07, 6.45) is 4.49. The van der Waals surface area contributed by atoms with Crippen molar-refractivity contribution in [1.82, 2.24) is 0 Å². The standard InChI is InChI=1S/C55H43N/c1-53(2)45-20-9-8-19-44(45)52-49(53)24-13-25-51(52)56(38-27-26-36-14-3-4-15-37(36)34-38)39-28-29-43-42-18-7-12-23-48(42)55(50(43)35-39)32-30-54(31-33-55)46-21-10-5-16-40(46)41-17-6-11-22-47(41)54/h3-29,34-35H,30-33H2,1-2H3. The van der Waals surface area contributed by atoms with Crippen molar-refractivity contribution >= 4 is 27.8 Å². The van der Waals surface area contributed by atoms with Gasteiger partial charge in [-0.3, -0.25) is 0 Å². The van der Waals surface area contributed by atoms with E-state index in [1.807, 2.05) is 0 Å². The van der Waals surface area contributed by atoms with E-state index in [1.54, 1.807) is 0 Å². The van der Waals surface area contributed by atoms with Crippen molar-refractivity contribution in [3.63, 3.8) is 0 Å². The number of nitrogens with zero attached hydrogens (tertiary/aromatic N) is 1. The fraction of sp³-hybridized carbons (Fsp3) is 0.164. The van der Waals surface area contributed by atoms with Gasteiger partial charge in [0.2, 0.25) is 0 Å². The Morgan fingerprint density at radius 1 is 0.357 bits per heavy atom. The van der Waals surface area contributed by atoms with Gasteiger partial charge in [-0.25, -0.2) is 0 Å². The highest BCUT2D eigenvalue weighted by molar-refractivity contribution is 5.98. The predicted molar refractivity (Wildman–Crippen MR) is 234 cm³/mol. The summed E-state index contributed by atoms with van der Waals surface area (Å²) < 4.78 is 0. The molecular formula is C55H43N. The smallest absolute Gasteiger partial charge is 0.0543 e. The molecule has 1 nitrogen and oxygen atoms in total. The fourth-order valence-electron chi connectivity index (χ4n) is 11.8. The lowest BCUT2D eigenvalue weighted by Crippen LogP contribution is -2.39. The van der Waals surface area contributed by atoms with E-state index in [-0.39, 0.29) is 16.2 Å². The van der Waals surface area contributed by atoms with Gasteiger partial charge < -0.3 is 4.90 Å². The molecule has 4 aliphatic rings. The van der Waals surface area contributed by atoms with Crippen molar-refractivity contribution in [2.24, 2.45) is 0 Å². The first-order valence-corrected chi connectivity index (χ1v) is 20.4. The molecule has 0 saturated heterocycles. The first-order valence-electron chi connectivity index (χ1n) is 20.4. The summed E-state index contributed by atoms with van der Waals surface area (Å²) in [6.45, 7) is 4.77. The van der Waals surface area contributed by atoms with Crippen LogP contribution in [0.1, 0.15) is 72.9 Å². The third kappa shape index (κ3) is 4.16. The zero-order chi connectivity index (χ0) is 37.2. The SMILES string of the molecule is CC1(C)c2ccccc2-c2c(N(c3ccc4c(c3)C3(CCC5(CC3)c3ccccc3-c3ccccc35)c3ccccc3-4)c3ccc4ccccc4c3)cccc21. The summed E-state index contributed by atoms with van der Waals surface area (Å²) in [5, 5.41) is 2.51. The average molecular weight is 718 g/mol. The van der Waals surface area contributed by atoms with E-state index < -0.39 is 0 Å². The quantitative estimate of drug-likeness (QED) is 0.176.